The van der Waals surface area contributed by atoms with Crippen molar-refractivity contribution in [3.8, 4) is 0 Å². The third-order valence-corrected chi connectivity index (χ3v) is 4.03. The molecule has 0 heterocycles. The largest absolute Gasteiger partial charge is 0.395 e. The lowest BCUT2D eigenvalue weighted by Gasteiger charge is -2.34. The van der Waals surface area contributed by atoms with Crippen LogP contribution in [0.15, 0.2) is 30.3 Å². The van der Waals surface area contributed by atoms with Gasteiger partial charge in [0.05, 0.1) is 6.61 Å². The molecule has 3 heteroatoms. The second kappa shape index (κ2) is 7.93. The maximum absolute atomic E-state index is 9.24. The molecule has 1 aromatic carbocycles. The van der Waals surface area contributed by atoms with E-state index in [4.69, 9.17) is 0 Å². The van der Waals surface area contributed by atoms with Crippen LogP contribution in [0.4, 0.5) is 0 Å². The fourth-order valence-corrected chi connectivity index (χ4v) is 2.80. The van der Waals surface area contributed by atoms with E-state index in [1.54, 1.807) is 0 Å². The van der Waals surface area contributed by atoms with Crippen LogP contribution >= 0.6 is 12.6 Å². The van der Waals surface area contributed by atoms with Crippen LogP contribution < -0.4 is 0 Å². The van der Waals surface area contributed by atoms with Crippen LogP contribution in [-0.4, -0.2) is 35.5 Å². The topological polar surface area (TPSA) is 23.5 Å². The molecule has 108 valence electrons. The van der Waals surface area contributed by atoms with Gasteiger partial charge in [0.15, 0.2) is 0 Å². The minimum Gasteiger partial charge on any atom is -0.395 e. The Balaban J connectivity index is 2.67. The van der Waals surface area contributed by atoms with E-state index in [9.17, 15) is 5.11 Å². The van der Waals surface area contributed by atoms with E-state index in [0.717, 1.165) is 25.4 Å². The summed E-state index contributed by atoms with van der Waals surface area (Å²) in [5.41, 5.74) is 1.54. The zero-order valence-corrected chi connectivity index (χ0v) is 13.2. The van der Waals surface area contributed by atoms with Gasteiger partial charge in [0.2, 0.25) is 0 Å². The lowest BCUT2D eigenvalue weighted by atomic mass is 9.81. The van der Waals surface area contributed by atoms with Crippen LogP contribution in [0.3, 0.4) is 0 Å². The van der Waals surface area contributed by atoms with Crippen molar-refractivity contribution in [3.05, 3.63) is 35.9 Å². The number of benzene rings is 1. The summed E-state index contributed by atoms with van der Waals surface area (Å²) in [6.45, 7) is 9.56. The number of rotatable bonds is 7. The normalized spacial score (nSPS) is 13.8. The van der Waals surface area contributed by atoms with E-state index < -0.39 is 0 Å². The quantitative estimate of drug-likeness (QED) is 0.750. The molecule has 0 radical (unpaired) electrons. The van der Waals surface area contributed by atoms with Gasteiger partial charge in [0.25, 0.3) is 0 Å². The molecule has 0 saturated carbocycles. The molecule has 0 aliphatic rings. The van der Waals surface area contributed by atoms with Crippen molar-refractivity contribution < 1.29 is 5.11 Å². The monoisotopic (exact) mass is 281 g/mol. The van der Waals surface area contributed by atoms with Crippen LogP contribution in [0.2, 0.25) is 0 Å². The highest BCUT2D eigenvalue weighted by Crippen LogP contribution is 2.28. The van der Waals surface area contributed by atoms with Gasteiger partial charge in [0.1, 0.15) is 0 Å². The molecular formula is C16H27NOS. The molecule has 1 unspecified atom stereocenters. The molecule has 0 fully saturated rings. The average Bonchev–Trinajstić information content (AvgIpc) is 2.35. The van der Waals surface area contributed by atoms with Gasteiger partial charge < -0.3 is 5.11 Å². The SMILES string of the molecule is CC(C)(C)C(CS)CN(CCO)Cc1ccccc1. The molecule has 0 aromatic heterocycles. The first-order valence-electron chi connectivity index (χ1n) is 6.95. The van der Waals surface area contributed by atoms with E-state index in [2.05, 4.69) is 62.6 Å². The van der Waals surface area contributed by atoms with Crippen molar-refractivity contribution >= 4 is 12.6 Å². The highest BCUT2D eigenvalue weighted by atomic mass is 32.1. The molecule has 2 nitrogen and oxygen atoms in total. The van der Waals surface area contributed by atoms with Crippen LogP contribution in [-0.2, 0) is 6.54 Å². The van der Waals surface area contributed by atoms with Crippen LogP contribution in [0, 0.1) is 11.3 Å². The van der Waals surface area contributed by atoms with E-state index in [-0.39, 0.29) is 12.0 Å². The summed E-state index contributed by atoms with van der Waals surface area (Å²) in [5.74, 6) is 1.39. The Kier molecular flexibility index (Phi) is 6.90. The van der Waals surface area contributed by atoms with Gasteiger partial charge in [-0.15, -0.1) is 0 Å². The summed E-state index contributed by atoms with van der Waals surface area (Å²) in [7, 11) is 0. The third kappa shape index (κ3) is 5.98. The molecule has 0 aliphatic carbocycles. The molecule has 0 bridgehead atoms. The van der Waals surface area contributed by atoms with Gasteiger partial charge in [0, 0.05) is 19.6 Å². The Hall–Kier alpha value is -0.510. The van der Waals surface area contributed by atoms with E-state index in [0.29, 0.717) is 5.92 Å². The van der Waals surface area contributed by atoms with Gasteiger partial charge in [-0.05, 0) is 22.6 Å². The van der Waals surface area contributed by atoms with Crippen molar-refractivity contribution in [2.45, 2.75) is 27.3 Å². The molecule has 0 amide bonds. The highest BCUT2D eigenvalue weighted by molar-refractivity contribution is 7.80. The average molecular weight is 281 g/mol. The van der Waals surface area contributed by atoms with Crippen molar-refractivity contribution in [1.82, 2.24) is 4.90 Å². The molecule has 0 aliphatic heterocycles. The maximum Gasteiger partial charge on any atom is 0.0558 e. The molecule has 1 aromatic rings. The van der Waals surface area contributed by atoms with Gasteiger partial charge in [-0.1, -0.05) is 51.1 Å². The predicted molar refractivity (Wildman–Crippen MR) is 85.6 cm³/mol. The Morgan fingerprint density at radius 2 is 1.84 bits per heavy atom. The minimum absolute atomic E-state index is 0.205. The smallest absolute Gasteiger partial charge is 0.0558 e. The first kappa shape index (κ1) is 16.5. The van der Waals surface area contributed by atoms with Crippen LogP contribution in [0.1, 0.15) is 26.3 Å². The van der Waals surface area contributed by atoms with Gasteiger partial charge in [-0.3, -0.25) is 4.90 Å². The van der Waals surface area contributed by atoms with Crippen LogP contribution in [0.25, 0.3) is 0 Å². The number of nitrogens with zero attached hydrogens (tertiary/aromatic N) is 1. The summed E-state index contributed by atoms with van der Waals surface area (Å²) in [5, 5.41) is 9.24. The Morgan fingerprint density at radius 1 is 1.21 bits per heavy atom. The molecule has 1 atom stereocenters. The first-order chi connectivity index (χ1) is 8.97. The third-order valence-electron chi connectivity index (χ3n) is 3.59. The Bertz CT molecular complexity index is 348. The number of aliphatic hydroxyl groups is 1. The Morgan fingerprint density at radius 3 is 2.32 bits per heavy atom. The van der Waals surface area contributed by atoms with E-state index >= 15 is 0 Å². The maximum atomic E-state index is 9.24. The summed E-state index contributed by atoms with van der Waals surface area (Å²) in [4.78, 5) is 2.32. The van der Waals surface area contributed by atoms with Gasteiger partial charge in [-0.2, -0.15) is 12.6 Å². The summed E-state index contributed by atoms with van der Waals surface area (Å²) in [6.07, 6.45) is 0. The van der Waals surface area contributed by atoms with Crippen molar-refractivity contribution in [3.63, 3.8) is 0 Å². The number of hydrogen-bond donors (Lipinski definition) is 2. The molecule has 1 rings (SSSR count). The van der Waals surface area contributed by atoms with Crippen molar-refractivity contribution in [2.24, 2.45) is 11.3 Å². The fourth-order valence-electron chi connectivity index (χ4n) is 2.14. The summed E-state index contributed by atoms with van der Waals surface area (Å²) in [6, 6.07) is 10.4. The number of hydrogen-bond acceptors (Lipinski definition) is 3. The number of aliphatic hydroxyl groups excluding tert-OH is 1. The minimum atomic E-state index is 0.205. The molecule has 0 saturated heterocycles. The van der Waals surface area contributed by atoms with E-state index in [1.807, 2.05) is 6.07 Å². The molecule has 1 N–H and O–H groups in total. The second-order valence-electron chi connectivity index (χ2n) is 6.19. The Labute approximate surface area is 123 Å². The van der Waals surface area contributed by atoms with Crippen molar-refractivity contribution in [2.75, 3.05) is 25.4 Å². The summed E-state index contributed by atoms with van der Waals surface area (Å²) < 4.78 is 0. The highest BCUT2D eigenvalue weighted by Gasteiger charge is 2.25. The lowest BCUT2D eigenvalue weighted by molar-refractivity contribution is 0.133. The van der Waals surface area contributed by atoms with Crippen molar-refractivity contribution in [1.29, 1.82) is 0 Å². The molecular weight excluding hydrogens is 254 g/mol. The summed E-state index contributed by atoms with van der Waals surface area (Å²) >= 11 is 4.49. The zero-order chi connectivity index (χ0) is 14.3. The number of thiol groups is 1. The first-order valence-corrected chi connectivity index (χ1v) is 7.58. The molecule has 0 spiro atoms. The van der Waals surface area contributed by atoms with E-state index in [1.165, 1.54) is 5.56 Å². The predicted octanol–water partition coefficient (Wildman–Crippen LogP) is 3.07. The van der Waals surface area contributed by atoms with Gasteiger partial charge >= 0.3 is 0 Å². The van der Waals surface area contributed by atoms with Crippen LogP contribution in [0.5, 0.6) is 0 Å². The zero-order valence-electron chi connectivity index (χ0n) is 12.3. The fraction of sp³-hybridized carbons (Fsp3) is 0.625. The lowest BCUT2D eigenvalue weighted by Crippen LogP contribution is -2.37. The molecule has 19 heavy (non-hydrogen) atoms. The standard InChI is InChI=1S/C16H27NOS/c1-16(2,3)15(13-19)12-17(9-10-18)11-14-7-5-4-6-8-14/h4-8,15,18-19H,9-13H2,1-3H3. The second-order valence-corrected chi connectivity index (χ2v) is 6.55. The van der Waals surface area contributed by atoms with Gasteiger partial charge in [-0.25, -0.2) is 0 Å².